The zero-order chi connectivity index (χ0) is 14.8. The van der Waals surface area contributed by atoms with E-state index in [1.807, 2.05) is 0 Å². The second kappa shape index (κ2) is 5.40. The Hall–Kier alpha value is -2.24. The molecule has 0 saturated carbocycles. The fourth-order valence-electron chi connectivity index (χ4n) is 1.85. The molecule has 0 bridgehead atoms. The van der Waals surface area contributed by atoms with Gasteiger partial charge in [0, 0.05) is 6.08 Å². The van der Waals surface area contributed by atoms with E-state index in [0.717, 1.165) is 0 Å². The predicted molar refractivity (Wildman–Crippen MR) is 64.9 cm³/mol. The molecule has 1 aliphatic heterocycles. The second-order valence-corrected chi connectivity index (χ2v) is 4.15. The number of rotatable bonds is 3. The average Bonchev–Trinajstić information content (AvgIpc) is 2.42. The van der Waals surface area contributed by atoms with Crippen LogP contribution in [0.4, 0.5) is 8.78 Å². The molecule has 1 aromatic carbocycles. The molecule has 1 atom stereocenters. The van der Waals surface area contributed by atoms with Crippen LogP contribution in [-0.2, 0) is 19.1 Å². The first-order valence-corrected chi connectivity index (χ1v) is 5.99. The average molecular weight is 282 g/mol. The maximum atomic E-state index is 14.0. The molecule has 0 N–H and O–H groups in total. The number of alkyl halides is 2. The van der Waals surface area contributed by atoms with Crippen LogP contribution < -0.4 is 0 Å². The number of benzene rings is 1. The van der Waals surface area contributed by atoms with Crippen molar-refractivity contribution in [1.29, 1.82) is 0 Å². The van der Waals surface area contributed by atoms with E-state index in [9.17, 15) is 18.4 Å². The van der Waals surface area contributed by atoms with Crippen LogP contribution in [0, 0.1) is 0 Å². The monoisotopic (exact) mass is 282 g/mol. The minimum Gasteiger partial charge on any atom is -0.462 e. The summed E-state index contributed by atoms with van der Waals surface area (Å²) in [6.07, 6.45) is -1.43. The molecule has 1 unspecified atom stereocenters. The maximum absolute atomic E-state index is 14.0. The van der Waals surface area contributed by atoms with Gasteiger partial charge in [-0.25, -0.2) is 9.59 Å². The summed E-state index contributed by atoms with van der Waals surface area (Å²) in [4.78, 5) is 23.1. The van der Waals surface area contributed by atoms with Crippen LogP contribution in [-0.4, -0.2) is 24.5 Å². The number of cyclic esters (lactones) is 1. The highest BCUT2D eigenvalue weighted by Crippen LogP contribution is 2.40. The van der Waals surface area contributed by atoms with Crippen molar-refractivity contribution in [2.45, 2.75) is 19.0 Å². The number of carbonyl (C=O) groups excluding carboxylic acids is 2. The molecule has 0 fully saturated rings. The van der Waals surface area contributed by atoms with Gasteiger partial charge >= 0.3 is 17.9 Å². The molecule has 0 saturated heterocycles. The first-order valence-electron chi connectivity index (χ1n) is 5.99. The molecule has 0 aromatic heterocycles. The Kier molecular flexibility index (Phi) is 3.83. The van der Waals surface area contributed by atoms with Crippen molar-refractivity contribution < 1.29 is 27.8 Å². The third-order valence-electron chi connectivity index (χ3n) is 2.73. The van der Waals surface area contributed by atoms with Gasteiger partial charge in [0.15, 0.2) is 6.10 Å². The third-order valence-corrected chi connectivity index (χ3v) is 2.73. The summed E-state index contributed by atoms with van der Waals surface area (Å²) in [6, 6.07) is 7.63. The number of esters is 2. The Morgan fingerprint density at radius 3 is 2.60 bits per heavy atom. The van der Waals surface area contributed by atoms with Crippen molar-refractivity contribution in [3.63, 3.8) is 0 Å². The molecule has 6 heteroatoms. The minimum atomic E-state index is -3.47. The van der Waals surface area contributed by atoms with E-state index < -0.39 is 29.5 Å². The van der Waals surface area contributed by atoms with Crippen LogP contribution in [0.25, 0.3) is 0 Å². The summed E-state index contributed by atoms with van der Waals surface area (Å²) in [6.45, 7) is 1.49. The number of ether oxygens (including phenoxy) is 2. The van der Waals surface area contributed by atoms with Gasteiger partial charge in [-0.2, -0.15) is 8.78 Å². The lowest BCUT2D eigenvalue weighted by molar-refractivity contribution is -0.170. The summed E-state index contributed by atoms with van der Waals surface area (Å²) >= 11 is 0. The van der Waals surface area contributed by atoms with Gasteiger partial charge in [0.05, 0.1) is 6.61 Å². The topological polar surface area (TPSA) is 52.6 Å². The van der Waals surface area contributed by atoms with Crippen LogP contribution in [0.15, 0.2) is 42.0 Å². The molecule has 0 radical (unpaired) electrons. The van der Waals surface area contributed by atoms with Gasteiger partial charge in [0.25, 0.3) is 0 Å². The van der Waals surface area contributed by atoms with Gasteiger partial charge in [-0.05, 0) is 12.5 Å². The summed E-state index contributed by atoms with van der Waals surface area (Å²) < 4.78 is 37.3. The quantitative estimate of drug-likeness (QED) is 0.631. The van der Waals surface area contributed by atoms with Gasteiger partial charge < -0.3 is 9.47 Å². The van der Waals surface area contributed by atoms with Gasteiger partial charge in [0.1, 0.15) is 5.57 Å². The van der Waals surface area contributed by atoms with Crippen molar-refractivity contribution in [1.82, 2.24) is 0 Å². The van der Waals surface area contributed by atoms with Crippen LogP contribution >= 0.6 is 0 Å². The molecule has 4 nitrogen and oxygen atoms in total. The summed E-state index contributed by atoms with van der Waals surface area (Å²) in [5, 5.41) is 0. The van der Waals surface area contributed by atoms with E-state index in [4.69, 9.17) is 4.74 Å². The van der Waals surface area contributed by atoms with E-state index in [1.165, 1.54) is 19.1 Å². The predicted octanol–water partition coefficient (Wildman–Crippen LogP) is 2.41. The summed E-state index contributed by atoms with van der Waals surface area (Å²) in [5.74, 6) is -5.69. The largest absolute Gasteiger partial charge is 0.462 e. The van der Waals surface area contributed by atoms with Gasteiger partial charge in [-0.1, -0.05) is 30.3 Å². The lowest BCUT2D eigenvalue weighted by Crippen LogP contribution is -2.36. The van der Waals surface area contributed by atoms with Crippen LogP contribution in [0.1, 0.15) is 18.6 Å². The van der Waals surface area contributed by atoms with Crippen LogP contribution in [0.5, 0.6) is 0 Å². The first kappa shape index (κ1) is 14.2. The zero-order valence-corrected chi connectivity index (χ0v) is 10.6. The van der Waals surface area contributed by atoms with Gasteiger partial charge in [-0.15, -0.1) is 0 Å². The van der Waals surface area contributed by atoms with Crippen LogP contribution in [0.2, 0.25) is 0 Å². The molecule has 0 spiro atoms. The number of halogens is 2. The Balaban J connectivity index is 2.34. The van der Waals surface area contributed by atoms with E-state index in [0.29, 0.717) is 6.08 Å². The van der Waals surface area contributed by atoms with Crippen LogP contribution in [0.3, 0.4) is 0 Å². The van der Waals surface area contributed by atoms with Crippen molar-refractivity contribution >= 4 is 11.9 Å². The molecule has 20 heavy (non-hydrogen) atoms. The Labute approximate surface area is 114 Å². The SMILES string of the molecule is CCOC(=O)C1=CC(F)(F)C(c2ccccc2)OC1=O. The van der Waals surface area contributed by atoms with Crippen molar-refractivity contribution in [3.05, 3.63) is 47.5 Å². The highest BCUT2D eigenvalue weighted by molar-refractivity contribution is 6.14. The number of hydrogen-bond acceptors (Lipinski definition) is 4. The smallest absolute Gasteiger partial charge is 0.346 e. The lowest BCUT2D eigenvalue weighted by atomic mass is 9.98. The number of carbonyl (C=O) groups is 2. The zero-order valence-electron chi connectivity index (χ0n) is 10.6. The van der Waals surface area contributed by atoms with E-state index >= 15 is 0 Å². The molecule has 2 rings (SSSR count). The second-order valence-electron chi connectivity index (χ2n) is 4.15. The van der Waals surface area contributed by atoms with E-state index in [1.54, 1.807) is 18.2 Å². The molecule has 1 heterocycles. The summed E-state index contributed by atoms with van der Waals surface area (Å²) in [7, 11) is 0. The Morgan fingerprint density at radius 2 is 2.00 bits per heavy atom. The van der Waals surface area contributed by atoms with Crippen molar-refractivity contribution in [3.8, 4) is 0 Å². The fourth-order valence-corrected chi connectivity index (χ4v) is 1.85. The molecule has 1 aliphatic rings. The molecular weight excluding hydrogens is 270 g/mol. The highest BCUT2D eigenvalue weighted by atomic mass is 19.3. The van der Waals surface area contributed by atoms with Crippen molar-refractivity contribution in [2.75, 3.05) is 6.61 Å². The standard InChI is InChI=1S/C14H12F2O4/c1-2-19-12(17)10-8-14(15,16)11(20-13(10)18)9-6-4-3-5-7-9/h3-8,11H,2H2,1H3. The fraction of sp³-hybridized carbons (Fsp3) is 0.286. The normalized spacial score (nSPS) is 20.9. The van der Waals surface area contributed by atoms with E-state index in [-0.39, 0.29) is 12.2 Å². The Bertz CT molecular complexity index is 552. The third kappa shape index (κ3) is 2.68. The Morgan fingerprint density at radius 1 is 1.35 bits per heavy atom. The van der Waals surface area contributed by atoms with E-state index in [2.05, 4.69) is 4.74 Å². The highest BCUT2D eigenvalue weighted by Gasteiger charge is 2.48. The van der Waals surface area contributed by atoms with Gasteiger partial charge in [-0.3, -0.25) is 0 Å². The molecule has 106 valence electrons. The summed E-state index contributed by atoms with van der Waals surface area (Å²) in [5.41, 5.74) is -0.617. The molecule has 0 amide bonds. The first-order chi connectivity index (χ1) is 9.45. The molecular formula is C14H12F2O4. The molecule has 0 aliphatic carbocycles. The minimum absolute atomic E-state index is 0.0167. The van der Waals surface area contributed by atoms with Crippen molar-refractivity contribution in [2.24, 2.45) is 0 Å². The maximum Gasteiger partial charge on any atom is 0.346 e. The van der Waals surface area contributed by atoms with Gasteiger partial charge in [0.2, 0.25) is 0 Å². The number of hydrogen-bond donors (Lipinski definition) is 0. The molecule has 1 aromatic rings. The lowest BCUT2D eigenvalue weighted by Gasteiger charge is -2.29.